The van der Waals surface area contributed by atoms with Crippen molar-refractivity contribution in [2.45, 2.75) is 43.2 Å². The van der Waals surface area contributed by atoms with Crippen LogP contribution in [0.15, 0.2) is 46.5 Å². The first-order chi connectivity index (χ1) is 10.1. The molecular formula is C17H21FN2S. The van der Waals surface area contributed by atoms with Crippen LogP contribution in [0, 0.1) is 12.7 Å². The molecule has 2 nitrogen and oxygen atoms in total. The molecule has 0 aliphatic heterocycles. The predicted molar refractivity (Wildman–Crippen MR) is 86.2 cm³/mol. The van der Waals surface area contributed by atoms with Gasteiger partial charge >= 0.3 is 0 Å². The Kier molecular flexibility index (Phi) is 5.76. The zero-order valence-electron chi connectivity index (χ0n) is 12.7. The number of nitrogens with zero attached hydrogens (tertiary/aromatic N) is 1. The molecule has 1 atom stereocenters. The molecule has 112 valence electrons. The van der Waals surface area contributed by atoms with Crippen molar-refractivity contribution >= 4 is 11.8 Å². The third kappa shape index (κ3) is 4.29. The van der Waals surface area contributed by atoms with Gasteiger partial charge in [0.05, 0.1) is 0 Å². The van der Waals surface area contributed by atoms with E-state index < -0.39 is 0 Å². The molecule has 1 aromatic heterocycles. The van der Waals surface area contributed by atoms with E-state index in [1.165, 1.54) is 0 Å². The molecule has 0 radical (unpaired) electrons. The molecule has 1 aromatic carbocycles. The van der Waals surface area contributed by atoms with Crippen LogP contribution in [-0.4, -0.2) is 11.5 Å². The smallest absolute Gasteiger partial charge is 0.126 e. The maximum atomic E-state index is 13.9. The van der Waals surface area contributed by atoms with E-state index in [0.717, 1.165) is 28.5 Å². The monoisotopic (exact) mass is 304 g/mol. The molecule has 1 unspecified atom stereocenters. The second kappa shape index (κ2) is 7.57. The summed E-state index contributed by atoms with van der Waals surface area (Å²) in [5.41, 5.74) is 1.65. The van der Waals surface area contributed by atoms with Gasteiger partial charge in [-0.3, -0.25) is 0 Å². The van der Waals surface area contributed by atoms with Gasteiger partial charge in [0, 0.05) is 17.1 Å². The number of nitrogens with one attached hydrogen (secondary N) is 1. The van der Waals surface area contributed by atoms with Crippen LogP contribution in [0.4, 0.5) is 4.39 Å². The summed E-state index contributed by atoms with van der Waals surface area (Å²) >= 11 is 1.58. The number of rotatable bonds is 6. The molecule has 4 heteroatoms. The summed E-state index contributed by atoms with van der Waals surface area (Å²) in [5.74, 6) is -0.152. The van der Waals surface area contributed by atoms with Gasteiger partial charge in [-0.05, 0) is 62.2 Å². The Hall–Kier alpha value is -1.39. The first-order valence-electron chi connectivity index (χ1n) is 7.24. The van der Waals surface area contributed by atoms with E-state index in [1.807, 2.05) is 24.3 Å². The minimum atomic E-state index is -0.152. The van der Waals surface area contributed by atoms with Crippen LogP contribution in [-0.2, 0) is 0 Å². The molecule has 1 N–H and O–H groups in total. The molecule has 0 amide bonds. The molecule has 0 spiro atoms. The first-order valence-corrected chi connectivity index (χ1v) is 8.05. The summed E-state index contributed by atoms with van der Waals surface area (Å²) in [7, 11) is 0. The Balaban J connectivity index is 2.31. The van der Waals surface area contributed by atoms with Gasteiger partial charge in [0.25, 0.3) is 0 Å². The van der Waals surface area contributed by atoms with Crippen LogP contribution in [0.3, 0.4) is 0 Å². The second-order valence-corrected chi connectivity index (χ2v) is 6.15. The minimum absolute atomic E-state index is 0.117. The maximum Gasteiger partial charge on any atom is 0.126 e. The van der Waals surface area contributed by atoms with E-state index >= 15 is 0 Å². The lowest BCUT2D eigenvalue weighted by molar-refractivity contribution is 0.552. The normalized spacial score (nSPS) is 12.4. The fourth-order valence-corrected chi connectivity index (χ4v) is 3.16. The molecule has 0 aliphatic rings. The Labute approximate surface area is 130 Å². The number of aromatic nitrogens is 1. The van der Waals surface area contributed by atoms with Crippen molar-refractivity contribution in [3.63, 3.8) is 0 Å². The molecular weight excluding hydrogens is 283 g/mol. The zero-order chi connectivity index (χ0) is 15.2. The number of pyridine rings is 1. The van der Waals surface area contributed by atoms with Crippen LogP contribution < -0.4 is 5.32 Å². The molecule has 0 bridgehead atoms. The van der Waals surface area contributed by atoms with E-state index in [-0.39, 0.29) is 11.9 Å². The van der Waals surface area contributed by atoms with E-state index in [0.29, 0.717) is 5.56 Å². The van der Waals surface area contributed by atoms with E-state index in [2.05, 4.69) is 24.1 Å². The third-order valence-corrected chi connectivity index (χ3v) is 4.33. The molecule has 2 aromatic rings. The number of halogens is 1. The van der Waals surface area contributed by atoms with Gasteiger partial charge in [0.1, 0.15) is 10.8 Å². The third-order valence-electron chi connectivity index (χ3n) is 3.31. The van der Waals surface area contributed by atoms with Crippen LogP contribution in [0.25, 0.3) is 0 Å². The fourth-order valence-electron chi connectivity index (χ4n) is 2.09. The predicted octanol–water partition coefficient (Wildman–Crippen LogP) is 4.74. The number of hydrogen-bond acceptors (Lipinski definition) is 3. The quantitative estimate of drug-likeness (QED) is 0.834. The lowest BCUT2D eigenvalue weighted by Gasteiger charge is -2.18. The summed E-state index contributed by atoms with van der Waals surface area (Å²) in [6.07, 6.45) is 2.83. The largest absolute Gasteiger partial charge is 0.310 e. The number of benzene rings is 1. The van der Waals surface area contributed by atoms with Gasteiger partial charge in [-0.2, -0.15) is 0 Å². The van der Waals surface area contributed by atoms with Crippen molar-refractivity contribution in [3.05, 3.63) is 53.5 Å². The summed E-state index contributed by atoms with van der Waals surface area (Å²) in [6.45, 7) is 6.91. The van der Waals surface area contributed by atoms with Gasteiger partial charge in [-0.15, -0.1) is 0 Å². The number of aryl methyl sites for hydroxylation is 1. The van der Waals surface area contributed by atoms with Crippen LogP contribution >= 0.6 is 11.8 Å². The van der Waals surface area contributed by atoms with Crippen molar-refractivity contribution in [1.29, 1.82) is 0 Å². The average Bonchev–Trinajstić information content (AvgIpc) is 2.49. The molecule has 0 saturated carbocycles. The van der Waals surface area contributed by atoms with Crippen molar-refractivity contribution in [1.82, 2.24) is 10.3 Å². The zero-order valence-corrected chi connectivity index (χ0v) is 13.5. The topological polar surface area (TPSA) is 24.9 Å². The summed E-state index contributed by atoms with van der Waals surface area (Å²) in [6, 6.07) is 9.50. The van der Waals surface area contributed by atoms with Crippen molar-refractivity contribution < 1.29 is 4.39 Å². The van der Waals surface area contributed by atoms with Gasteiger partial charge in [-0.1, -0.05) is 24.8 Å². The average molecular weight is 304 g/mol. The van der Waals surface area contributed by atoms with Gasteiger partial charge in [-0.25, -0.2) is 9.37 Å². The van der Waals surface area contributed by atoms with E-state index in [9.17, 15) is 4.39 Å². The van der Waals surface area contributed by atoms with Gasteiger partial charge in [0.2, 0.25) is 0 Å². The highest BCUT2D eigenvalue weighted by Gasteiger charge is 2.14. The van der Waals surface area contributed by atoms with E-state index in [4.69, 9.17) is 0 Å². The molecule has 2 rings (SSSR count). The summed E-state index contributed by atoms with van der Waals surface area (Å²) in [4.78, 5) is 5.40. The highest BCUT2D eigenvalue weighted by Crippen LogP contribution is 2.34. The second-order valence-electron chi connectivity index (χ2n) is 5.09. The van der Waals surface area contributed by atoms with Gasteiger partial charge < -0.3 is 5.32 Å². The molecule has 21 heavy (non-hydrogen) atoms. The Morgan fingerprint density at radius 2 is 2.14 bits per heavy atom. The SMILES string of the molecule is CCCNC(C)c1cc(F)c(C)cc1Sc1ccccn1. The first kappa shape index (κ1) is 16.0. The van der Waals surface area contributed by atoms with Gasteiger partial charge in [0.15, 0.2) is 0 Å². The van der Waals surface area contributed by atoms with Crippen LogP contribution in [0.2, 0.25) is 0 Å². The molecule has 0 fully saturated rings. The van der Waals surface area contributed by atoms with Crippen LogP contribution in [0.5, 0.6) is 0 Å². The molecule has 1 heterocycles. The fraction of sp³-hybridized carbons (Fsp3) is 0.353. The molecule has 0 saturated heterocycles. The van der Waals surface area contributed by atoms with E-state index in [1.54, 1.807) is 30.9 Å². The lowest BCUT2D eigenvalue weighted by atomic mass is 10.1. The summed E-state index contributed by atoms with van der Waals surface area (Å²) in [5, 5.41) is 4.34. The Morgan fingerprint density at radius 3 is 2.81 bits per heavy atom. The van der Waals surface area contributed by atoms with Crippen LogP contribution in [0.1, 0.15) is 37.4 Å². The number of hydrogen-bond donors (Lipinski definition) is 1. The summed E-state index contributed by atoms with van der Waals surface area (Å²) < 4.78 is 13.9. The van der Waals surface area contributed by atoms with Crippen molar-refractivity contribution in [3.8, 4) is 0 Å². The van der Waals surface area contributed by atoms with Crippen molar-refractivity contribution in [2.24, 2.45) is 0 Å². The van der Waals surface area contributed by atoms with Crippen molar-refractivity contribution in [2.75, 3.05) is 6.54 Å². The highest BCUT2D eigenvalue weighted by atomic mass is 32.2. The maximum absolute atomic E-state index is 13.9. The Bertz CT molecular complexity index is 587. The minimum Gasteiger partial charge on any atom is -0.310 e. The standard InChI is InChI=1S/C17H21FN2S/c1-4-8-19-13(3)14-11-15(18)12(2)10-16(14)21-17-7-5-6-9-20-17/h5-7,9-11,13,19H,4,8H2,1-3H3. The Morgan fingerprint density at radius 1 is 1.33 bits per heavy atom. The highest BCUT2D eigenvalue weighted by molar-refractivity contribution is 7.99. The lowest BCUT2D eigenvalue weighted by Crippen LogP contribution is -2.20. The molecule has 0 aliphatic carbocycles.